The Morgan fingerprint density at radius 3 is 1.10 bits per heavy atom. The van der Waals surface area contributed by atoms with Gasteiger partial charge >= 0.3 is 0 Å². The van der Waals surface area contributed by atoms with Gasteiger partial charge in [-0.1, -0.05) is 72.1 Å². The maximum Gasteiger partial charge on any atom is 0.0777 e. The minimum atomic E-state index is -0.409. The van der Waals surface area contributed by atoms with Gasteiger partial charge in [-0.3, -0.25) is 0 Å². The molecule has 0 unspecified atom stereocenters. The molecule has 0 aromatic rings. The molecular weight excluding hydrogens is 382 g/mol. The normalized spacial score (nSPS) is 10.8. The third kappa shape index (κ3) is 52.3. The van der Waals surface area contributed by atoms with Crippen LogP contribution in [0, 0.1) is 5.41 Å². The van der Waals surface area contributed by atoms with Crippen LogP contribution in [-0.2, 0) is 0 Å². The highest BCUT2D eigenvalue weighted by atomic mass is 35.5. The molecule has 0 aliphatic carbocycles. The van der Waals surface area contributed by atoms with Gasteiger partial charge in [0.05, 0.1) is 55.4 Å². The van der Waals surface area contributed by atoms with E-state index in [0.717, 1.165) is 21.8 Å². The molecular formula is C24H56ClN3O. The first-order chi connectivity index (χ1) is 12.9. The van der Waals surface area contributed by atoms with Gasteiger partial charge in [-0.25, -0.2) is 0 Å². The van der Waals surface area contributed by atoms with E-state index in [1.165, 1.54) is 70.9 Å². The van der Waals surface area contributed by atoms with Crippen LogP contribution in [-0.4, -0.2) is 70.2 Å². The molecule has 0 heterocycles. The van der Waals surface area contributed by atoms with Gasteiger partial charge in [0, 0.05) is 0 Å². The quantitative estimate of drug-likeness (QED) is 0.193. The van der Waals surface area contributed by atoms with Crippen LogP contribution in [0.3, 0.4) is 0 Å². The van der Waals surface area contributed by atoms with Gasteiger partial charge in [-0.05, 0) is 31.6 Å². The Labute approximate surface area is 191 Å². The molecule has 5 heteroatoms. The predicted molar refractivity (Wildman–Crippen MR) is 126 cm³/mol. The number of unbranched alkanes of at least 4 members (excludes halogenated alkanes) is 8. The monoisotopic (exact) mass is 437 g/mol. The van der Waals surface area contributed by atoms with E-state index >= 15 is 0 Å². The summed E-state index contributed by atoms with van der Waals surface area (Å²) in [6.45, 7) is 9.21. The fourth-order valence-corrected chi connectivity index (χ4v) is 2.94. The second kappa shape index (κ2) is 24.0. The van der Waals surface area contributed by atoms with Crippen molar-refractivity contribution in [3.8, 4) is 0 Å². The molecule has 1 N–H and O–H groups in total. The second-order valence-corrected chi connectivity index (χ2v) is 10.0. The molecule has 0 amide bonds. The Kier molecular flexibility index (Phi) is 29.8. The summed E-state index contributed by atoms with van der Waals surface area (Å²) < 4.78 is 2.19. The van der Waals surface area contributed by atoms with Crippen LogP contribution in [0.2, 0.25) is 0 Å². The summed E-state index contributed by atoms with van der Waals surface area (Å²) in [6.07, 6.45) is 14.4. The summed E-state index contributed by atoms with van der Waals surface area (Å²) in [5, 5.41) is 17.0. The Morgan fingerprint density at radius 1 is 0.586 bits per heavy atom. The Hall–Kier alpha value is -0.320. The molecule has 0 bridgehead atoms. The van der Waals surface area contributed by atoms with Gasteiger partial charge in [-0.15, -0.1) is 0 Å². The average molecular weight is 438 g/mol. The lowest BCUT2D eigenvalue weighted by Gasteiger charge is -2.22. The minimum Gasteiger partial charge on any atom is -1.00 e. The zero-order valence-electron chi connectivity index (χ0n) is 21.6. The molecule has 0 aromatic heterocycles. The first-order valence-electron chi connectivity index (χ1n) is 11.7. The standard InChI is InChI=1S/C12H25NO.2C6H16N.ClH/c1-2-3-4-5-6-7-8-9-10-11-12(13)14;2*1-5-6-7(2,3)4;/h2-11H2,1H3,(H2,13,14);2*5-6H2,1-4H3;1H/q;2*+1;/p-2. The van der Waals surface area contributed by atoms with Crippen LogP contribution < -0.4 is 17.5 Å². The fourth-order valence-electron chi connectivity index (χ4n) is 2.94. The smallest absolute Gasteiger partial charge is 0.0777 e. The molecule has 0 atom stereocenters. The minimum absolute atomic E-state index is 0. The molecule has 0 radical (unpaired) electrons. The van der Waals surface area contributed by atoms with Gasteiger partial charge < -0.3 is 31.9 Å². The van der Waals surface area contributed by atoms with Crippen molar-refractivity contribution >= 4 is 5.90 Å². The zero-order chi connectivity index (χ0) is 22.5. The maximum absolute atomic E-state index is 10.3. The summed E-state index contributed by atoms with van der Waals surface area (Å²) in [5.41, 5.74) is 0. The van der Waals surface area contributed by atoms with Crippen molar-refractivity contribution in [1.29, 1.82) is 5.41 Å². The van der Waals surface area contributed by atoms with Crippen molar-refractivity contribution < 1.29 is 26.5 Å². The van der Waals surface area contributed by atoms with Gasteiger partial charge in [0.15, 0.2) is 0 Å². The molecule has 0 saturated heterocycles. The summed E-state index contributed by atoms with van der Waals surface area (Å²) in [5.74, 6) is -0.409. The summed E-state index contributed by atoms with van der Waals surface area (Å²) >= 11 is 0. The molecule has 0 fully saturated rings. The van der Waals surface area contributed by atoms with Crippen molar-refractivity contribution in [2.75, 3.05) is 55.4 Å². The lowest BCUT2D eigenvalue weighted by molar-refractivity contribution is -0.870. The Balaban J connectivity index is -0.000000177. The van der Waals surface area contributed by atoms with E-state index in [1.54, 1.807) is 0 Å². The lowest BCUT2D eigenvalue weighted by atomic mass is 10.1. The van der Waals surface area contributed by atoms with Crippen LogP contribution in [0.1, 0.15) is 97.8 Å². The Bertz CT molecular complexity index is 307. The lowest BCUT2D eigenvalue weighted by Crippen LogP contribution is -3.00. The zero-order valence-corrected chi connectivity index (χ0v) is 22.3. The first kappa shape index (κ1) is 36.1. The van der Waals surface area contributed by atoms with E-state index in [0.29, 0.717) is 6.42 Å². The Morgan fingerprint density at radius 2 is 0.897 bits per heavy atom. The molecule has 0 rings (SSSR count). The third-order valence-electron chi connectivity index (χ3n) is 4.30. The largest absolute Gasteiger partial charge is 1.00 e. The number of halogens is 1. The van der Waals surface area contributed by atoms with Crippen LogP contribution in [0.25, 0.3) is 0 Å². The highest BCUT2D eigenvalue weighted by Crippen LogP contribution is 2.10. The molecule has 0 spiro atoms. The second-order valence-electron chi connectivity index (χ2n) is 10.0. The molecule has 0 aliphatic rings. The molecule has 0 saturated carbocycles. The van der Waals surface area contributed by atoms with Crippen LogP contribution in [0.4, 0.5) is 0 Å². The van der Waals surface area contributed by atoms with Crippen LogP contribution in [0.5, 0.6) is 0 Å². The van der Waals surface area contributed by atoms with E-state index in [2.05, 4.69) is 63.1 Å². The van der Waals surface area contributed by atoms with Crippen molar-refractivity contribution in [2.24, 2.45) is 0 Å². The van der Waals surface area contributed by atoms with E-state index in [4.69, 9.17) is 5.41 Å². The summed E-state index contributed by atoms with van der Waals surface area (Å²) in [7, 11) is 13.3. The summed E-state index contributed by atoms with van der Waals surface area (Å²) in [6, 6.07) is 0. The van der Waals surface area contributed by atoms with Gasteiger partial charge in [0.2, 0.25) is 0 Å². The number of rotatable bonds is 14. The molecule has 0 aromatic carbocycles. The predicted octanol–water partition coefficient (Wildman–Crippen LogP) is 2.45. The average Bonchev–Trinajstić information content (AvgIpc) is 2.52. The van der Waals surface area contributed by atoms with Crippen molar-refractivity contribution in [3.63, 3.8) is 0 Å². The van der Waals surface area contributed by atoms with E-state index in [1.807, 2.05) is 0 Å². The van der Waals surface area contributed by atoms with Crippen LogP contribution >= 0.6 is 0 Å². The van der Waals surface area contributed by atoms with E-state index < -0.39 is 5.90 Å². The van der Waals surface area contributed by atoms with Crippen LogP contribution in [0.15, 0.2) is 0 Å². The molecule has 4 nitrogen and oxygen atoms in total. The van der Waals surface area contributed by atoms with Gasteiger partial charge in [0.1, 0.15) is 0 Å². The number of nitrogens with one attached hydrogen (secondary N) is 1. The van der Waals surface area contributed by atoms with Crippen molar-refractivity contribution in [3.05, 3.63) is 0 Å². The first-order valence-corrected chi connectivity index (χ1v) is 11.7. The number of quaternary nitrogens is 2. The number of hydrogen-bond acceptors (Lipinski definition) is 2. The van der Waals surface area contributed by atoms with E-state index in [9.17, 15) is 5.11 Å². The van der Waals surface area contributed by atoms with Gasteiger partial charge in [0.25, 0.3) is 0 Å². The summed E-state index contributed by atoms with van der Waals surface area (Å²) in [4.78, 5) is 0. The SMILES string of the molecule is CCCCCCCCCCCC(=N)[O-].CCC[N+](C)(C)C.CCC[N+](C)(C)C.[Cl-]. The third-order valence-corrected chi connectivity index (χ3v) is 4.30. The highest BCUT2D eigenvalue weighted by molar-refractivity contribution is 5.67. The maximum atomic E-state index is 10.3. The van der Waals surface area contributed by atoms with Gasteiger partial charge in [-0.2, -0.15) is 0 Å². The fraction of sp³-hybridized carbons (Fsp3) is 0.958. The van der Waals surface area contributed by atoms with E-state index in [-0.39, 0.29) is 12.4 Å². The topological polar surface area (TPSA) is 46.9 Å². The number of hydrogen-bond donors (Lipinski definition) is 1. The van der Waals surface area contributed by atoms with Crippen molar-refractivity contribution in [1.82, 2.24) is 0 Å². The molecule has 180 valence electrons. The highest BCUT2D eigenvalue weighted by Gasteiger charge is 2.02. The molecule has 29 heavy (non-hydrogen) atoms. The molecule has 0 aliphatic heterocycles. The number of nitrogens with zero attached hydrogens (tertiary/aromatic N) is 2. The van der Waals surface area contributed by atoms with Crippen molar-refractivity contribution in [2.45, 2.75) is 97.8 Å².